The Hall–Kier alpha value is -6.20. The molecule has 3 aliphatic heterocycles. The number of hydrazone groups is 3. The number of carbonyl (C=O) groups is 3. The van der Waals surface area contributed by atoms with Crippen LogP contribution < -0.4 is 15.0 Å². The summed E-state index contributed by atoms with van der Waals surface area (Å²) >= 11 is 35.6. The second-order valence-electron chi connectivity index (χ2n) is 18.4. The fourth-order valence-electron chi connectivity index (χ4n) is 7.61. The van der Waals surface area contributed by atoms with E-state index in [2.05, 4.69) is 46.0 Å². The fourth-order valence-corrected chi connectivity index (χ4v) is 13.0. The van der Waals surface area contributed by atoms with Crippen molar-refractivity contribution in [3.05, 3.63) is 139 Å². The van der Waals surface area contributed by atoms with E-state index in [1.165, 1.54) is 57.2 Å². The number of rotatable bonds is 15. The van der Waals surface area contributed by atoms with Gasteiger partial charge in [0.2, 0.25) is 0 Å². The van der Waals surface area contributed by atoms with Crippen LogP contribution in [0, 0.1) is 0 Å². The normalized spacial score (nSPS) is 17.1. The first-order chi connectivity index (χ1) is 42.9. The van der Waals surface area contributed by atoms with E-state index in [1.54, 1.807) is 0 Å². The van der Waals surface area contributed by atoms with Crippen LogP contribution >= 0.6 is 69.6 Å². The van der Waals surface area contributed by atoms with Crippen molar-refractivity contribution in [1.82, 2.24) is 0 Å². The summed E-state index contributed by atoms with van der Waals surface area (Å²) in [6, 6.07) is 15.8. The summed E-state index contributed by atoms with van der Waals surface area (Å²) in [6.45, 7) is 4.46. The minimum absolute atomic E-state index is 0. The third kappa shape index (κ3) is 19.3. The topological polar surface area (TPSA) is 515 Å². The van der Waals surface area contributed by atoms with Gasteiger partial charge >= 0.3 is 34.7 Å². The van der Waals surface area contributed by atoms with E-state index in [9.17, 15) is 92.2 Å². The zero-order valence-corrected chi connectivity index (χ0v) is 58.7. The molecule has 33 nitrogen and oxygen atoms in total. The number of amides is 3. The molecule has 492 valence electrons. The van der Waals surface area contributed by atoms with Crippen LogP contribution in [-0.4, -0.2) is 166 Å². The molecule has 0 saturated carbocycles. The van der Waals surface area contributed by atoms with E-state index in [0.717, 1.165) is 87.8 Å². The predicted molar refractivity (Wildman–Crippen MR) is 335 cm³/mol. The van der Waals surface area contributed by atoms with Gasteiger partial charge in [-0.1, -0.05) is 69.6 Å². The van der Waals surface area contributed by atoms with Gasteiger partial charge in [-0.2, -0.15) is 61.0 Å². The van der Waals surface area contributed by atoms with Gasteiger partial charge in [0.1, 0.15) is 60.7 Å². The molecule has 0 radical (unpaired) electrons. The van der Waals surface area contributed by atoms with Crippen molar-refractivity contribution in [2.24, 2.45) is 46.0 Å². The number of benzene rings is 6. The Morgan fingerprint density at radius 1 is 0.337 bits per heavy atom. The standard InChI is InChI=1S/3C16H12Cl2N4O7S2.2Al/c3*1-8-15(20-19-9-2-4-10(5-3-9)30(24,25)26)16(23)22(21-8)13-6-12(18)14(7-11(13)17)31(27,28)29;;/h3*2-7,15H,1H3,(H,24,25,26)(H,27,28,29);;/q;;;2*+3/p-6. The monoisotopic (exact) mass is 1570 g/mol. The van der Waals surface area contributed by atoms with E-state index in [0.29, 0.717) is 0 Å². The SMILES string of the molecule is CC1=NN(c2cc(Cl)c(S(=O)(=O)[O-])cc2Cl)C(=O)C1N=Nc1ccc(S(=O)(=O)[O-])cc1.CC1=NN(c2cc(Cl)c(S(=O)(=O)[O-])cc2Cl)C(=O)C1N=Nc1ccc(S(=O)(=O)[O-])cc1.CC1=NN(c2cc(Cl)c(S(=O)(=O)[O-])cc2Cl)C(=O)C1N=Nc1ccc(S(=O)(=O)[O-])cc1.[Al+3].[Al+3]. The Morgan fingerprint density at radius 2 is 0.537 bits per heavy atom. The third-order valence-corrected chi connectivity index (χ3v) is 19.4. The number of anilines is 3. The number of hydrogen-bond acceptors (Lipinski definition) is 30. The number of hydrogen-bond donors (Lipinski definition) is 0. The largest absolute Gasteiger partial charge is 3.00 e. The molecule has 6 aromatic rings. The summed E-state index contributed by atoms with van der Waals surface area (Å²) in [5.74, 6) is -2.05. The molecule has 0 aromatic heterocycles. The van der Waals surface area contributed by atoms with Crippen LogP contribution in [0.2, 0.25) is 30.1 Å². The van der Waals surface area contributed by atoms with Gasteiger partial charge in [0, 0.05) is 0 Å². The second kappa shape index (κ2) is 30.7. The maximum atomic E-state index is 12.7. The average molecular weight is 1570 g/mol. The molecule has 47 heteroatoms. The van der Waals surface area contributed by atoms with Crippen molar-refractivity contribution in [3.63, 3.8) is 0 Å². The molecule has 3 heterocycles. The van der Waals surface area contributed by atoms with Gasteiger partial charge in [-0.05, 0) is 130 Å². The smallest absolute Gasteiger partial charge is 0.744 e. The van der Waals surface area contributed by atoms with E-state index in [4.69, 9.17) is 69.6 Å². The molecule has 0 N–H and O–H groups in total. The molecule has 0 fully saturated rings. The average Bonchev–Trinajstić information content (AvgIpc) is 1.70. The van der Waals surface area contributed by atoms with Crippen LogP contribution in [0.15, 0.2) is 185 Å². The quantitative estimate of drug-likeness (QED) is 0.0554. The minimum atomic E-state index is -4.88. The first-order valence-corrected chi connectivity index (χ1v) is 35.0. The molecule has 9 rings (SSSR count). The summed E-state index contributed by atoms with van der Waals surface area (Å²) in [5, 5.41) is 35.8. The molecule has 3 aliphatic rings. The number of halogens is 6. The van der Waals surface area contributed by atoms with Gasteiger partial charge in [-0.25, -0.2) is 50.5 Å². The van der Waals surface area contributed by atoms with Gasteiger partial charge in [0.05, 0.1) is 111 Å². The summed E-state index contributed by atoms with van der Waals surface area (Å²) in [7, 11) is -28.5. The zero-order valence-electron chi connectivity index (χ0n) is 46.9. The first-order valence-electron chi connectivity index (χ1n) is 24.3. The number of azo groups is 3. The van der Waals surface area contributed by atoms with Crippen LogP contribution in [0.25, 0.3) is 0 Å². The van der Waals surface area contributed by atoms with Crippen LogP contribution in [-0.2, 0) is 75.1 Å². The molecule has 3 atom stereocenters. The predicted octanol–water partition coefficient (Wildman–Crippen LogP) is 7.27. The van der Waals surface area contributed by atoms with Crippen LogP contribution in [0.3, 0.4) is 0 Å². The van der Waals surface area contributed by atoms with Crippen LogP contribution in [0.5, 0.6) is 0 Å². The summed E-state index contributed by atoms with van der Waals surface area (Å²) in [6.07, 6.45) is 0. The van der Waals surface area contributed by atoms with Crippen molar-refractivity contribution < 1.29 is 92.2 Å². The first kappa shape index (κ1) is 79.5. The van der Waals surface area contributed by atoms with E-state index >= 15 is 0 Å². The fraction of sp³-hybridized carbons (Fsp3) is 0.125. The third-order valence-electron chi connectivity index (χ3n) is 12.0. The Balaban J connectivity index is 0.000000255. The van der Waals surface area contributed by atoms with Gasteiger partial charge < -0.3 is 27.3 Å². The molecule has 0 aliphatic carbocycles. The van der Waals surface area contributed by atoms with Crippen molar-refractivity contribution >= 4 is 234 Å². The summed E-state index contributed by atoms with van der Waals surface area (Å²) < 4.78 is 200. The summed E-state index contributed by atoms with van der Waals surface area (Å²) in [5.41, 5.74) is 1.01. The molecule has 6 aromatic carbocycles. The Kier molecular flexibility index (Phi) is 25.7. The van der Waals surface area contributed by atoms with Crippen molar-refractivity contribution in [1.29, 1.82) is 0 Å². The van der Waals surface area contributed by atoms with Gasteiger partial charge in [0.25, 0.3) is 17.7 Å². The van der Waals surface area contributed by atoms with Crippen LogP contribution in [0.4, 0.5) is 34.1 Å². The second-order valence-corrected chi connectivity index (χ2v) is 29.1. The number of carbonyl (C=O) groups excluding carboxylic acids is 3. The molecule has 3 amide bonds. The maximum Gasteiger partial charge on any atom is 3.00 e. The van der Waals surface area contributed by atoms with E-state index in [-0.39, 0.29) is 101 Å². The molecule has 0 spiro atoms. The van der Waals surface area contributed by atoms with Crippen molar-refractivity contribution in [2.75, 3.05) is 15.0 Å². The van der Waals surface area contributed by atoms with Gasteiger partial charge in [-0.15, -0.1) is 0 Å². The van der Waals surface area contributed by atoms with Crippen LogP contribution in [0.1, 0.15) is 20.8 Å². The van der Waals surface area contributed by atoms with Crippen molar-refractivity contribution in [3.8, 4) is 0 Å². The molecule has 0 bridgehead atoms. The van der Waals surface area contributed by atoms with E-state index < -0.39 is 141 Å². The number of nitrogens with zero attached hydrogens (tertiary/aromatic N) is 12. The molecular formula is C48H30Al2Cl6N12O21S6. The minimum Gasteiger partial charge on any atom is -0.744 e. The Bertz CT molecular complexity index is 4530. The summed E-state index contributed by atoms with van der Waals surface area (Å²) in [4.78, 5) is 34.6. The molecule has 95 heavy (non-hydrogen) atoms. The van der Waals surface area contributed by atoms with E-state index in [1.807, 2.05) is 0 Å². The molecular weight excluding hydrogens is 1540 g/mol. The van der Waals surface area contributed by atoms with Gasteiger partial charge in [-0.3, -0.25) is 14.4 Å². The van der Waals surface area contributed by atoms with Gasteiger partial charge in [0.15, 0.2) is 18.1 Å². The molecule has 0 saturated heterocycles. The Morgan fingerprint density at radius 3 is 0.716 bits per heavy atom. The van der Waals surface area contributed by atoms with Crippen molar-refractivity contribution in [2.45, 2.75) is 68.3 Å². The zero-order chi connectivity index (χ0) is 69.4. The Labute approximate surface area is 589 Å². The molecule has 3 unspecified atom stereocenters. The maximum absolute atomic E-state index is 12.7.